The van der Waals surface area contributed by atoms with Gasteiger partial charge in [0.1, 0.15) is 4.75 Å². The van der Waals surface area contributed by atoms with E-state index in [1.165, 1.54) is 25.7 Å². The highest BCUT2D eigenvalue weighted by molar-refractivity contribution is 7.82. The van der Waals surface area contributed by atoms with Crippen molar-refractivity contribution in [2.45, 2.75) is 96.7 Å². The third kappa shape index (κ3) is 8.13. The Labute approximate surface area is 137 Å². The summed E-state index contributed by atoms with van der Waals surface area (Å²) in [4.78, 5) is 11.8. The zero-order chi connectivity index (χ0) is 16.3. The number of hydrogen-bond donors (Lipinski definition) is 2. The predicted molar refractivity (Wildman–Crippen MR) is 95.2 cm³/mol. The zero-order valence-electron chi connectivity index (χ0n) is 14.5. The Kier molecular flexibility index (Phi) is 11.3. The molecule has 0 saturated carbocycles. The van der Waals surface area contributed by atoms with Gasteiger partial charge in [0, 0.05) is 0 Å². The Morgan fingerprint density at radius 3 is 1.57 bits per heavy atom. The molecule has 0 aliphatic rings. The molecule has 0 heterocycles. The summed E-state index contributed by atoms with van der Waals surface area (Å²) in [5.74, 6) is 0.250. The van der Waals surface area contributed by atoms with Crippen LogP contribution in [-0.2, 0) is 4.79 Å². The molecule has 0 saturated heterocycles. The van der Waals surface area contributed by atoms with Crippen molar-refractivity contribution >= 4 is 18.6 Å². The molecule has 0 rings (SSSR count). The van der Waals surface area contributed by atoms with E-state index in [2.05, 4.69) is 40.3 Å². The molecule has 0 aromatic rings. The van der Waals surface area contributed by atoms with Gasteiger partial charge in [-0.15, -0.1) is 0 Å². The van der Waals surface area contributed by atoms with Crippen molar-refractivity contribution in [3.05, 3.63) is 0 Å². The third-order valence-corrected chi connectivity index (χ3v) is 5.29. The number of aliphatic carboxylic acids is 1. The van der Waals surface area contributed by atoms with Gasteiger partial charge < -0.3 is 5.11 Å². The maximum Gasteiger partial charge on any atom is 0.319 e. The topological polar surface area (TPSA) is 37.3 Å². The summed E-state index contributed by atoms with van der Waals surface area (Å²) in [6, 6.07) is 0. The largest absolute Gasteiger partial charge is 0.480 e. The van der Waals surface area contributed by atoms with Crippen LogP contribution in [0.4, 0.5) is 0 Å². The summed E-state index contributed by atoms with van der Waals surface area (Å²) >= 11 is 4.64. The minimum absolute atomic E-state index is 0.488. The lowest BCUT2D eigenvalue weighted by molar-refractivity contribution is -0.141. The molecule has 2 nitrogen and oxygen atoms in total. The van der Waals surface area contributed by atoms with E-state index in [4.69, 9.17) is 0 Å². The predicted octanol–water partition coefficient (Wildman–Crippen LogP) is 5.95. The van der Waals surface area contributed by atoms with E-state index in [1.54, 1.807) is 0 Å². The molecule has 0 aromatic heterocycles. The minimum Gasteiger partial charge on any atom is -0.480 e. The monoisotopic (exact) mass is 316 g/mol. The van der Waals surface area contributed by atoms with Crippen LogP contribution in [0.15, 0.2) is 0 Å². The van der Waals surface area contributed by atoms with Gasteiger partial charge in [-0.05, 0) is 24.7 Å². The van der Waals surface area contributed by atoms with Crippen molar-refractivity contribution in [3.63, 3.8) is 0 Å². The first-order valence-corrected chi connectivity index (χ1v) is 9.33. The standard InChI is InChI=1S/C18H36O2S/c1-5-9-11-15(7-3)13-18(21,17(19)20)14-16(8-4)12-10-6-2/h15-16,21H,5-14H2,1-4H3,(H,19,20). The summed E-state index contributed by atoms with van der Waals surface area (Å²) in [5, 5.41) is 9.70. The number of carboxylic acids is 1. The lowest BCUT2D eigenvalue weighted by Crippen LogP contribution is -2.37. The molecule has 1 N–H and O–H groups in total. The molecule has 0 aliphatic heterocycles. The second-order valence-electron chi connectivity index (χ2n) is 6.58. The highest BCUT2D eigenvalue weighted by atomic mass is 32.1. The van der Waals surface area contributed by atoms with E-state index in [0.29, 0.717) is 24.7 Å². The molecular formula is C18H36O2S. The lowest BCUT2D eigenvalue weighted by atomic mass is 9.81. The molecular weight excluding hydrogens is 280 g/mol. The van der Waals surface area contributed by atoms with Gasteiger partial charge in [0.2, 0.25) is 0 Å². The number of carbonyl (C=O) groups is 1. The SMILES string of the molecule is CCCCC(CC)CC(S)(CC(CC)CCCC)C(=O)O. The molecule has 0 amide bonds. The highest BCUT2D eigenvalue weighted by Crippen LogP contribution is 2.36. The van der Waals surface area contributed by atoms with E-state index in [-0.39, 0.29) is 0 Å². The van der Waals surface area contributed by atoms with E-state index in [1.807, 2.05) is 0 Å². The second-order valence-corrected chi connectivity index (χ2v) is 7.43. The number of carboxylic acid groups (broad SMARTS) is 1. The maximum atomic E-state index is 11.8. The van der Waals surface area contributed by atoms with Crippen LogP contribution in [0.5, 0.6) is 0 Å². The first-order chi connectivity index (χ1) is 9.93. The maximum absolute atomic E-state index is 11.8. The van der Waals surface area contributed by atoms with Crippen molar-refractivity contribution in [2.24, 2.45) is 11.8 Å². The average Bonchev–Trinajstić information content (AvgIpc) is 2.47. The Morgan fingerprint density at radius 2 is 1.33 bits per heavy atom. The normalized spacial score (nSPS) is 17.2. The fraction of sp³-hybridized carbons (Fsp3) is 0.944. The van der Waals surface area contributed by atoms with Crippen LogP contribution in [0.3, 0.4) is 0 Å². The Balaban J connectivity index is 4.75. The number of thiol groups is 1. The molecule has 0 fully saturated rings. The van der Waals surface area contributed by atoms with Gasteiger partial charge in [-0.25, -0.2) is 0 Å². The van der Waals surface area contributed by atoms with Gasteiger partial charge in [0.15, 0.2) is 0 Å². The van der Waals surface area contributed by atoms with Crippen molar-refractivity contribution in [3.8, 4) is 0 Å². The van der Waals surface area contributed by atoms with Gasteiger partial charge >= 0.3 is 5.97 Å². The molecule has 0 bridgehead atoms. The molecule has 0 spiro atoms. The highest BCUT2D eigenvalue weighted by Gasteiger charge is 2.38. The Hall–Kier alpha value is -0.180. The molecule has 0 aromatic carbocycles. The average molecular weight is 317 g/mol. The Bertz CT molecular complexity index is 260. The lowest BCUT2D eigenvalue weighted by Gasteiger charge is -2.31. The molecule has 0 radical (unpaired) electrons. The zero-order valence-corrected chi connectivity index (χ0v) is 15.4. The van der Waals surface area contributed by atoms with Crippen molar-refractivity contribution in [1.82, 2.24) is 0 Å². The smallest absolute Gasteiger partial charge is 0.319 e. The molecule has 2 unspecified atom stereocenters. The van der Waals surface area contributed by atoms with Crippen LogP contribution >= 0.6 is 12.6 Å². The van der Waals surface area contributed by atoms with E-state index >= 15 is 0 Å². The number of unbranched alkanes of at least 4 members (excludes halogenated alkanes) is 2. The summed E-state index contributed by atoms with van der Waals surface area (Å²) < 4.78 is -0.844. The van der Waals surface area contributed by atoms with Gasteiger partial charge in [-0.3, -0.25) is 4.79 Å². The molecule has 2 atom stereocenters. The first kappa shape index (κ1) is 20.8. The van der Waals surface area contributed by atoms with Crippen LogP contribution < -0.4 is 0 Å². The summed E-state index contributed by atoms with van der Waals surface area (Å²) in [6.45, 7) is 8.72. The first-order valence-electron chi connectivity index (χ1n) is 8.89. The fourth-order valence-corrected chi connectivity index (χ4v) is 3.62. The molecule has 3 heteroatoms. The van der Waals surface area contributed by atoms with Crippen LogP contribution in [0.25, 0.3) is 0 Å². The van der Waals surface area contributed by atoms with Gasteiger partial charge in [0.05, 0.1) is 0 Å². The summed E-state index contributed by atoms with van der Waals surface area (Å²) in [7, 11) is 0. The van der Waals surface area contributed by atoms with Crippen LogP contribution in [0.2, 0.25) is 0 Å². The van der Waals surface area contributed by atoms with Crippen LogP contribution in [0, 0.1) is 11.8 Å². The van der Waals surface area contributed by atoms with Crippen molar-refractivity contribution < 1.29 is 9.90 Å². The van der Waals surface area contributed by atoms with E-state index in [9.17, 15) is 9.90 Å². The minimum atomic E-state index is -0.844. The number of rotatable bonds is 13. The quantitative estimate of drug-likeness (QED) is 0.412. The van der Waals surface area contributed by atoms with Gasteiger partial charge in [0.25, 0.3) is 0 Å². The van der Waals surface area contributed by atoms with E-state index in [0.717, 1.165) is 25.7 Å². The van der Waals surface area contributed by atoms with Crippen molar-refractivity contribution in [1.29, 1.82) is 0 Å². The fourth-order valence-electron chi connectivity index (χ4n) is 3.10. The third-order valence-electron chi connectivity index (χ3n) is 4.74. The van der Waals surface area contributed by atoms with Crippen LogP contribution in [0.1, 0.15) is 91.9 Å². The van der Waals surface area contributed by atoms with E-state index < -0.39 is 10.7 Å². The number of hydrogen-bond acceptors (Lipinski definition) is 2. The Morgan fingerprint density at radius 1 is 0.952 bits per heavy atom. The summed E-state index contributed by atoms with van der Waals surface area (Å²) in [6.07, 6.45) is 10.5. The molecule has 21 heavy (non-hydrogen) atoms. The molecule has 126 valence electrons. The summed E-state index contributed by atoms with van der Waals surface area (Å²) in [5.41, 5.74) is 0. The van der Waals surface area contributed by atoms with Crippen LogP contribution in [-0.4, -0.2) is 15.8 Å². The van der Waals surface area contributed by atoms with Crippen molar-refractivity contribution in [2.75, 3.05) is 0 Å². The van der Waals surface area contributed by atoms with Gasteiger partial charge in [-0.2, -0.15) is 12.6 Å². The van der Waals surface area contributed by atoms with Gasteiger partial charge in [-0.1, -0.05) is 79.1 Å². The molecule has 0 aliphatic carbocycles. The second kappa shape index (κ2) is 11.4.